The van der Waals surface area contributed by atoms with Crippen molar-refractivity contribution in [1.82, 2.24) is 20.1 Å². The Labute approximate surface area is 127 Å². The molecule has 2 aromatic rings. The standard InChI is InChI=1S/C14H18N4O2S/c1-9-5-15-12(21-9)6-16-14(19)11-7-18(2)17-13(11)10-3-4-20-8-10/h5,7,10H,3-4,6,8H2,1-2H3,(H,16,19)/t10-/m1/s1. The van der Waals surface area contributed by atoms with Crippen LogP contribution in [-0.4, -0.2) is 33.9 Å². The molecule has 1 fully saturated rings. The lowest BCUT2D eigenvalue weighted by molar-refractivity contribution is 0.0949. The van der Waals surface area contributed by atoms with Gasteiger partial charge in [0.1, 0.15) is 5.01 Å². The summed E-state index contributed by atoms with van der Waals surface area (Å²) in [6.07, 6.45) is 4.51. The SMILES string of the molecule is Cc1cnc(CNC(=O)c2cn(C)nc2[C@@H]2CCOC2)s1. The zero-order chi connectivity index (χ0) is 14.8. The molecule has 1 aliphatic rings. The molecule has 1 N–H and O–H groups in total. The summed E-state index contributed by atoms with van der Waals surface area (Å²) in [6, 6.07) is 0. The molecule has 112 valence electrons. The van der Waals surface area contributed by atoms with E-state index in [1.54, 1.807) is 22.2 Å². The van der Waals surface area contributed by atoms with Gasteiger partial charge in [0.25, 0.3) is 5.91 Å². The molecule has 7 heteroatoms. The lowest BCUT2D eigenvalue weighted by atomic mass is 10.0. The molecule has 1 amide bonds. The van der Waals surface area contributed by atoms with Gasteiger partial charge < -0.3 is 10.1 Å². The normalized spacial score (nSPS) is 18.1. The third kappa shape index (κ3) is 3.14. The zero-order valence-corrected chi connectivity index (χ0v) is 12.9. The highest BCUT2D eigenvalue weighted by molar-refractivity contribution is 7.11. The van der Waals surface area contributed by atoms with E-state index in [0.717, 1.165) is 28.6 Å². The summed E-state index contributed by atoms with van der Waals surface area (Å²) in [7, 11) is 1.83. The quantitative estimate of drug-likeness (QED) is 0.932. The second kappa shape index (κ2) is 5.95. The average Bonchev–Trinajstić information content (AvgIpc) is 3.16. The van der Waals surface area contributed by atoms with Gasteiger partial charge in [0.15, 0.2) is 0 Å². The third-order valence-corrected chi connectivity index (χ3v) is 4.40. The van der Waals surface area contributed by atoms with Gasteiger partial charge in [-0.1, -0.05) is 0 Å². The van der Waals surface area contributed by atoms with Crippen LogP contribution in [0.15, 0.2) is 12.4 Å². The number of carbonyl (C=O) groups is 1. The van der Waals surface area contributed by atoms with Crippen LogP contribution in [0.3, 0.4) is 0 Å². The van der Waals surface area contributed by atoms with Crippen molar-refractivity contribution in [1.29, 1.82) is 0 Å². The third-order valence-electron chi connectivity index (χ3n) is 3.49. The summed E-state index contributed by atoms with van der Waals surface area (Å²) < 4.78 is 7.09. The van der Waals surface area contributed by atoms with Crippen molar-refractivity contribution in [3.63, 3.8) is 0 Å². The van der Waals surface area contributed by atoms with E-state index in [-0.39, 0.29) is 11.8 Å². The zero-order valence-electron chi connectivity index (χ0n) is 12.1. The molecule has 0 unspecified atom stereocenters. The summed E-state index contributed by atoms with van der Waals surface area (Å²) in [6.45, 7) is 3.83. The number of aromatic nitrogens is 3. The highest BCUT2D eigenvalue weighted by Gasteiger charge is 2.26. The predicted octanol–water partition coefficient (Wildman–Crippen LogP) is 1.62. The summed E-state index contributed by atoms with van der Waals surface area (Å²) in [5.74, 6) is 0.118. The minimum atomic E-state index is -0.0992. The van der Waals surface area contributed by atoms with E-state index in [2.05, 4.69) is 15.4 Å². The van der Waals surface area contributed by atoms with Crippen molar-refractivity contribution in [2.24, 2.45) is 7.05 Å². The number of rotatable bonds is 4. The Morgan fingerprint density at radius 3 is 3.14 bits per heavy atom. The molecular formula is C14H18N4O2S. The first kappa shape index (κ1) is 14.2. The fourth-order valence-electron chi connectivity index (χ4n) is 2.47. The van der Waals surface area contributed by atoms with Crippen LogP contribution in [0.4, 0.5) is 0 Å². The van der Waals surface area contributed by atoms with Crippen molar-refractivity contribution in [3.8, 4) is 0 Å². The topological polar surface area (TPSA) is 69.0 Å². The van der Waals surface area contributed by atoms with Gasteiger partial charge >= 0.3 is 0 Å². The maximum absolute atomic E-state index is 12.4. The van der Waals surface area contributed by atoms with Crippen molar-refractivity contribution in [2.75, 3.05) is 13.2 Å². The summed E-state index contributed by atoms with van der Waals surface area (Å²) >= 11 is 1.59. The highest BCUT2D eigenvalue weighted by atomic mass is 32.1. The molecule has 21 heavy (non-hydrogen) atoms. The fraction of sp³-hybridized carbons (Fsp3) is 0.500. The molecule has 0 spiro atoms. The Balaban J connectivity index is 1.71. The highest BCUT2D eigenvalue weighted by Crippen LogP contribution is 2.26. The molecule has 0 bridgehead atoms. The van der Waals surface area contributed by atoms with Crippen LogP contribution in [-0.2, 0) is 18.3 Å². The molecule has 6 nitrogen and oxygen atoms in total. The number of hydrogen-bond donors (Lipinski definition) is 1. The molecule has 3 rings (SSSR count). The lowest BCUT2D eigenvalue weighted by Gasteiger charge is -2.07. The Kier molecular flexibility index (Phi) is 4.03. The van der Waals surface area contributed by atoms with Gasteiger partial charge in [0, 0.05) is 36.8 Å². The van der Waals surface area contributed by atoms with Gasteiger partial charge in [-0.15, -0.1) is 11.3 Å². The molecule has 0 radical (unpaired) electrons. The Bertz CT molecular complexity index is 643. The molecule has 1 atom stereocenters. The van der Waals surface area contributed by atoms with Gasteiger partial charge in [0.05, 0.1) is 24.4 Å². The summed E-state index contributed by atoms with van der Waals surface area (Å²) in [5, 5.41) is 8.27. The van der Waals surface area contributed by atoms with Crippen molar-refractivity contribution >= 4 is 17.2 Å². The first-order valence-electron chi connectivity index (χ1n) is 6.94. The van der Waals surface area contributed by atoms with E-state index < -0.39 is 0 Å². The van der Waals surface area contributed by atoms with Gasteiger partial charge in [-0.05, 0) is 13.3 Å². The summed E-state index contributed by atoms with van der Waals surface area (Å²) in [4.78, 5) is 17.8. The van der Waals surface area contributed by atoms with Crippen LogP contribution in [0, 0.1) is 6.92 Å². The fourth-order valence-corrected chi connectivity index (χ4v) is 3.19. The molecule has 0 aromatic carbocycles. The first-order valence-corrected chi connectivity index (χ1v) is 7.76. The number of carbonyl (C=O) groups excluding carboxylic acids is 1. The van der Waals surface area contributed by atoms with E-state index in [1.165, 1.54) is 0 Å². The van der Waals surface area contributed by atoms with E-state index in [4.69, 9.17) is 4.74 Å². The van der Waals surface area contributed by atoms with Crippen LogP contribution < -0.4 is 5.32 Å². The predicted molar refractivity (Wildman–Crippen MR) is 79.4 cm³/mol. The second-order valence-corrected chi connectivity index (χ2v) is 6.53. The number of amides is 1. The molecule has 1 saturated heterocycles. The molecular weight excluding hydrogens is 288 g/mol. The molecule has 2 aromatic heterocycles. The average molecular weight is 306 g/mol. The molecule has 1 aliphatic heterocycles. The van der Waals surface area contributed by atoms with Crippen LogP contribution >= 0.6 is 11.3 Å². The number of hydrogen-bond acceptors (Lipinski definition) is 5. The van der Waals surface area contributed by atoms with Gasteiger partial charge in [-0.2, -0.15) is 5.10 Å². The van der Waals surface area contributed by atoms with E-state index >= 15 is 0 Å². The number of ether oxygens (including phenoxy) is 1. The van der Waals surface area contributed by atoms with Crippen molar-refractivity contribution in [3.05, 3.63) is 33.5 Å². The first-order chi connectivity index (χ1) is 10.1. The Morgan fingerprint density at radius 1 is 1.62 bits per heavy atom. The van der Waals surface area contributed by atoms with Crippen LogP contribution in [0.1, 0.15) is 38.3 Å². The van der Waals surface area contributed by atoms with Crippen LogP contribution in [0.5, 0.6) is 0 Å². The van der Waals surface area contributed by atoms with E-state index in [1.807, 2.05) is 20.2 Å². The smallest absolute Gasteiger partial charge is 0.255 e. The Hall–Kier alpha value is -1.73. The van der Waals surface area contributed by atoms with Crippen molar-refractivity contribution < 1.29 is 9.53 Å². The second-order valence-electron chi connectivity index (χ2n) is 5.21. The largest absolute Gasteiger partial charge is 0.381 e. The Morgan fingerprint density at radius 2 is 2.48 bits per heavy atom. The van der Waals surface area contributed by atoms with Crippen LogP contribution in [0.25, 0.3) is 0 Å². The number of aryl methyl sites for hydroxylation is 2. The molecule has 0 aliphatic carbocycles. The monoisotopic (exact) mass is 306 g/mol. The number of nitrogens with zero attached hydrogens (tertiary/aromatic N) is 3. The van der Waals surface area contributed by atoms with Gasteiger partial charge in [-0.25, -0.2) is 4.98 Å². The molecule has 3 heterocycles. The van der Waals surface area contributed by atoms with Crippen LogP contribution in [0.2, 0.25) is 0 Å². The number of thiazole rings is 1. The lowest BCUT2D eigenvalue weighted by Crippen LogP contribution is -2.24. The number of nitrogens with one attached hydrogen (secondary N) is 1. The van der Waals surface area contributed by atoms with E-state index in [0.29, 0.717) is 18.7 Å². The van der Waals surface area contributed by atoms with Gasteiger partial charge in [0.2, 0.25) is 0 Å². The maximum atomic E-state index is 12.4. The molecule has 0 saturated carbocycles. The van der Waals surface area contributed by atoms with E-state index in [9.17, 15) is 4.79 Å². The minimum absolute atomic E-state index is 0.0992. The van der Waals surface area contributed by atoms with Crippen molar-refractivity contribution in [2.45, 2.75) is 25.8 Å². The minimum Gasteiger partial charge on any atom is -0.381 e. The van der Waals surface area contributed by atoms with Gasteiger partial charge in [-0.3, -0.25) is 9.48 Å². The summed E-state index contributed by atoms with van der Waals surface area (Å²) in [5.41, 5.74) is 1.48. The maximum Gasteiger partial charge on any atom is 0.255 e.